The number of hydrogen-bond donors (Lipinski definition) is 1. The summed E-state index contributed by atoms with van der Waals surface area (Å²) in [6.07, 6.45) is 1.08. The first-order valence-corrected chi connectivity index (χ1v) is 9.92. The van der Waals surface area contributed by atoms with Crippen molar-refractivity contribution in [3.63, 3.8) is 0 Å². The second-order valence-electron chi connectivity index (χ2n) is 5.59. The molecule has 0 spiro atoms. The number of anilines is 2. The number of amides is 1. The standard InChI is InChI=1S/C17H19BrN2O3S/c1-12-8-9-15(13(2)10-12)19-17(21)11-20(24(3,22)23)16-7-5-4-6-14(16)18/h4-10H,11H2,1-3H3,(H,19,21). The molecule has 2 rings (SSSR count). The third-order valence-corrected chi connectivity index (χ3v) is 5.26. The average molecular weight is 411 g/mol. The Balaban J connectivity index is 2.24. The van der Waals surface area contributed by atoms with Gasteiger partial charge in [0.1, 0.15) is 6.54 Å². The summed E-state index contributed by atoms with van der Waals surface area (Å²) in [5, 5.41) is 2.77. The van der Waals surface area contributed by atoms with Gasteiger partial charge in [0.2, 0.25) is 15.9 Å². The lowest BCUT2D eigenvalue weighted by atomic mass is 10.1. The van der Waals surface area contributed by atoms with E-state index in [9.17, 15) is 13.2 Å². The largest absolute Gasteiger partial charge is 0.324 e. The van der Waals surface area contributed by atoms with Crippen molar-refractivity contribution in [2.24, 2.45) is 0 Å². The minimum Gasteiger partial charge on any atom is -0.324 e. The van der Waals surface area contributed by atoms with Crippen molar-refractivity contribution in [2.75, 3.05) is 22.4 Å². The topological polar surface area (TPSA) is 66.5 Å². The van der Waals surface area contributed by atoms with Crippen LogP contribution >= 0.6 is 15.9 Å². The van der Waals surface area contributed by atoms with Crippen molar-refractivity contribution in [2.45, 2.75) is 13.8 Å². The van der Waals surface area contributed by atoms with Crippen molar-refractivity contribution in [3.8, 4) is 0 Å². The Bertz CT molecular complexity index is 866. The molecule has 128 valence electrons. The lowest BCUT2D eigenvalue weighted by Crippen LogP contribution is -2.37. The summed E-state index contributed by atoms with van der Waals surface area (Å²) in [4.78, 5) is 12.4. The van der Waals surface area contributed by atoms with Crippen molar-refractivity contribution < 1.29 is 13.2 Å². The van der Waals surface area contributed by atoms with E-state index in [1.165, 1.54) is 0 Å². The molecule has 2 aromatic rings. The van der Waals surface area contributed by atoms with E-state index in [-0.39, 0.29) is 6.54 Å². The predicted octanol–water partition coefficient (Wildman–Crippen LogP) is 3.47. The van der Waals surface area contributed by atoms with Gasteiger partial charge in [0.15, 0.2) is 0 Å². The zero-order valence-electron chi connectivity index (χ0n) is 13.7. The molecular formula is C17H19BrN2O3S. The third kappa shape index (κ3) is 4.58. The summed E-state index contributed by atoms with van der Waals surface area (Å²) in [6.45, 7) is 3.57. The number of nitrogens with zero attached hydrogens (tertiary/aromatic N) is 1. The number of aryl methyl sites for hydroxylation is 2. The number of nitrogens with one attached hydrogen (secondary N) is 1. The predicted molar refractivity (Wildman–Crippen MR) is 101 cm³/mol. The molecule has 0 aliphatic carbocycles. The lowest BCUT2D eigenvalue weighted by Gasteiger charge is -2.23. The average Bonchev–Trinajstić information content (AvgIpc) is 2.47. The van der Waals surface area contributed by atoms with Crippen LogP contribution in [0.15, 0.2) is 46.9 Å². The van der Waals surface area contributed by atoms with Gasteiger partial charge in [0.05, 0.1) is 11.9 Å². The normalized spacial score (nSPS) is 11.2. The van der Waals surface area contributed by atoms with Gasteiger partial charge in [-0.15, -0.1) is 0 Å². The SMILES string of the molecule is Cc1ccc(NC(=O)CN(c2ccccc2Br)S(C)(=O)=O)c(C)c1. The number of halogens is 1. The first-order valence-electron chi connectivity index (χ1n) is 7.28. The fourth-order valence-electron chi connectivity index (χ4n) is 2.31. The maximum Gasteiger partial charge on any atom is 0.245 e. The Morgan fingerprint density at radius 1 is 1.17 bits per heavy atom. The highest BCUT2D eigenvalue weighted by Crippen LogP contribution is 2.27. The van der Waals surface area contributed by atoms with Crippen LogP contribution in [0.25, 0.3) is 0 Å². The van der Waals surface area contributed by atoms with Gasteiger partial charge in [0, 0.05) is 10.2 Å². The van der Waals surface area contributed by atoms with Crippen LogP contribution in [0, 0.1) is 13.8 Å². The molecule has 7 heteroatoms. The fourth-order valence-corrected chi connectivity index (χ4v) is 3.79. The Kier molecular flexibility index (Phi) is 5.66. The van der Waals surface area contributed by atoms with E-state index in [1.807, 2.05) is 32.0 Å². The second kappa shape index (κ2) is 7.36. The van der Waals surface area contributed by atoms with E-state index in [0.29, 0.717) is 15.8 Å². The smallest absolute Gasteiger partial charge is 0.245 e. The monoisotopic (exact) mass is 410 g/mol. The molecule has 0 bridgehead atoms. The number of hydrogen-bond acceptors (Lipinski definition) is 3. The van der Waals surface area contributed by atoms with Crippen molar-refractivity contribution >= 4 is 43.2 Å². The molecule has 0 saturated heterocycles. The number of sulfonamides is 1. The quantitative estimate of drug-likeness (QED) is 0.820. The van der Waals surface area contributed by atoms with Crippen LogP contribution in [0.5, 0.6) is 0 Å². The van der Waals surface area contributed by atoms with Crippen LogP contribution in [0.3, 0.4) is 0 Å². The zero-order chi connectivity index (χ0) is 17.9. The van der Waals surface area contributed by atoms with Gasteiger partial charge in [-0.1, -0.05) is 29.8 Å². The number of rotatable bonds is 5. The molecule has 0 saturated carbocycles. The maximum absolute atomic E-state index is 12.4. The van der Waals surface area contributed by atoms with Crippen LogP contribution < -0.4 is 9.62 Å². The van der Waals surface area contributed by atoms with E-state index in [0.717, 1.165) is 21.7 Å². The summed E-state index contributed by atoms with van der Waals surface area (Å²) in [5.74, 6) is -0.400. The minimum atomic E-state index is -3.60. The molecule has 0 unspecified atom stereocenters. The molecule has 2 aromatic carbocycles. The van der Waals surface area contributed by atoms with Gasteiger partial charge in [-0.2, -0.15) is 0 Å². The van der Waals surface area contributed by atoms with E-state index >= 15 is 0 Å². The van der Waals surface area contributed by atoms with Crippen molar-refractivity contribution in [1.29, 1.82) is 0 Å². The molecular weight excluding hydrogens is 392 g/mol. The summed E-state index contributed by atoms with van der Waals surface area (Å²) in [5.41, 5.74) is 3.12. The van der Waals surface area contributed by atoms with Crippen LogP contribution in [0.2, 0.25) is 0 Å². The Morgan fingerprint density at radius 2 is 1.83 bits per heavy atom. The van der Waals surface area contributed by atoms with Gasteiger partial charge in [0.25, 0.3) is 0 Å². The molecule has 0 heterocycles. The highest BCUT2D eigenvalue weighted by atomic mass is 79.9. The van der Waals surface area contributed by atoms with Crippen LogP contribution in [0.1, 0.15) is 11.1 Å². The van der Waals surface area contributed by atoms with E-state index in [1.54, 1.807) is 24.3 Å². The number of carbonyl (C=O) groups excluding carboxylic acids is 1. The van der Waals surface area contributed by atoms with Crippen LogP contribution in [0.4, 0.5) is 11.4 Å². The summed E-state index contributed by atoms with van der Waals surface area (Å²) < 4.78 is 25.9. The summed E-state index contributed by atoms with van der Waals surface area (Å²) >= 11 is 3.33. The van der Waals surface area contributed by atoms with Gasteiger partial charge in [-0.3, -0.25) is 9.10 Å². The van der Waals surface area contributed by atoms with Crippen molar-refractivity contribution in [3.05, 3.63) is 58.1 Å². The highest BCUT2D eigenvalue weighted by Gasteiger charge is 2.22. The molecule has 0 aliphatic rings. The van der Waals surface area contributed by atoms with Gasteiger partial charge in [-0.05, 0) is 53.5 Å². The number of carbonyl (C=O) groups is 1. The van der Waals surface area contributed by atoms with E-state index < -0.39 is 15.9 Å². The molecule has 0 fully saturated rings. The minimum absolute atomic E-state index is 0.297. The van der Waals surface area contributed by atoms with E-state index in [4.69, 9.17) is 0 Å². The molecule has 5 nitrogen and oxygen atoms in total. The van der Waals surface area contributed by atoms with Crippen LogP contribution in [-0.4, -0.2) is 27.1 Å². The third-order valence-electron chi connectivity index (χ3n) is 3.46. The Morgan fingerprint density at radius 3 is 2.42 bits per heavy atom. The molecule has 0 radical (unpaired) electrons. The van der Waals surface area contributed by atoms with Gasteiger partial charge < -0.3 is 5.32 Å². The fraction of sp³-hybridized carbons (Fsp3) is 0.235. The maximum atomic E-state index is 12.4. The number of benzene rings is 2. The number of para-hydroxylation sites is 1. The highest BCUT2D eigenvalue weighted by molar-refractivity contribution is 9.10. The zero-order valence-corrected chi connectivity index (χ0v) is 16.1. The molecule has 24 heavy (non-hydrogen) atoms. The van der Waals surface area contributed by atoms with E-state index in [2.05, 4.69) is 21.2 Å². The summed E-state index contributed by atoms with van der Waals surface area (Å²) in [6, 6.07) is 12.5. The Hall–Kier alpha value is -1.86. The second-order valence-corrected chi connectivity index (χ2v) is 8.35. The van der Waals surface area contributed by atoms with Crippen molar-refractivity contribution in [1.82, 2.24) is 0 Å². The van der Waals surface area contributed by atoms with Gasteiger partial charge in [-0.25, -0.2) is 8.42 Å². The molecule has 0 aromatic heterocycles. The summed E-state index contributed by atoms with van der Waals surface area (Å²) in [7, 11) is -3.60. The molecule has 1 amide bonds. The molecule has 0 aliphatic heterocycles. The molecule has 1 N–H and O–H groups in total. The Labute approximate surface area is 150 Å². The first-order chi connectivity index (χ1) is 11.2. The van der Waals surface area contributed by atoms with Gasteiger partial charge >= 0.3 is 0 Å². The van der Waals surface area contributed by atoms with Crippen LogP contribution in [-0.2, 0) is 14.8 Å². The first kappa shape index (κ1) is 18.5. The lowest BCUT2D eigenvalue weighted by molar-refractivity contribution is -0.114. The molecule has 0 atom stereocenters.